The summed E-state index contributed by atoms with van der Waals surface area (Å²) in [6.45, 7) is 0. The van der Waals surface area contributed by atoms with Gasteiger partial charge in [0.1, 0.15) is 5.82 Å². The van der Waals surface area contributed by atoms with E-state index in [0.717, 1.165) is 5.56 Å². The first-order valence-corrected chi connectivity index (χ1v) is 6.96. The number of benzene rings is 2. The Hall–Kier alpha value is -2.59. The number of nitrogens with zero attached hydrogens (tertiary/aromatic N) is 1. The number of halogens is 2. The summed E-state index contributed by atoms with van der Waals surface area (Å²) < 4.78 is 14.5. The van der Waals surface area contributed by atoms with Gasteiger partial charge in [-0.25, -0.2) is 4.39 Å². The van der Waals surface area contributed by atoms with Gasteiger partial charge in [-0.05, 0) is 35.9 Å². The van der Waals surface area contributed by atoms with E-state index in [4.69, 9.17) is 17.3 Å². The largest absolute Gasteiger partial charge is 0.399 e. The molecule has 0 aliphatic heterocycles. The monoisotopic (exact) mass is 314 g/mol. The summed E-state index contributed by atoms with van der Waals surface area (Å²) in [5, 5.41) is 0.316. The zero-order valence-corrected chi connectivity index (χ0v) is 12.2. The Balaban J connectivity index is 2.19. The Morgan fingerprint density at radius 3 is 2.45 bits per heavy atom. The molecule has 0 bridgehead atoms. The number of hydrogen-bond acceptors (Lipinski definition) is 2. The van der Waals surface area contributed by atoms with E-state index < -0.39 is 0 Å². The van der Waals surface area contributed by atoms with Gasteiger partial charge in [-0.1, -0.05) is 29.8 Å². The number of nitrogens with two attached hydrogens (primary N) is 1. The van der Waals surface area contributed by atoms with Crippen LogP contribution in [0.3, 0.4) is 0 Å². The normalized spacial score (nSPS) is 10.6. The van der Waals surface area contributed by atoms with Crippen LogP contribution in [0.2, 0.25) is 5.02 Å². The maximum absolute atomic E-state index is 13.1. The second-order valence-corrected chi connectivity index (χ2v) is 5.25. The molecule has 110 valence electrons. The highest BCUT2D eigenvalue weighted by molar-refractivity contribution is 6.33. The molecule has 0 saturated carbocycles. The summed E-state index contributed by atoms with van der Waals surface area (Å²) in [6, 6.07) is 14.3. The lowest BCUT2D eigenvalue weighted by molar-refractivity contribution is 0.628. The van der Waals surface area contributed by atoms with Crippen molar-refractivity contribution in [3.63, 3.8) is 0 Å². The van der Waals surface area contributed by atoms with Crippen LogP contribution in [-0.4, -0.2) is 4.57 Å². The third-order valence-corrected chi connectivity index (χ3v) is 3.62. The van der Waals surface area contributed by atoms with Gasteiger partial charge in [-0.15, -0.1) is 0 Å². The first kappa shape index (κ1) is 14.4. The molecule has 0 atom stereocenters. The second kappa shape index (κ2) is 5.66. The van der Waals surface area contributed by atoms with Gasteiger partial charge in [0, 0.05) is 23.5 Å². The third-order valence-electron chi connectivity index (χ3n) is 3.31. The standard InChI is InChI=1S/C17H12ClFN2O/c18-16-9-17(22)21(14-3-1-2-13(20)8-14)10-15(16)11-4-6-12(19)7-5-11/h1-10H,20H2. The van der Waals surface area contributed by atoms with E-state index in [0.29, 0.717) is 22.0 Å². The molecule has 0 radical (unpaired) electrons. The Bertz CT molecular complexity index is 888. The van der Waals surface area contributed by atoms with E-state index in [-0.39, 0.29) is 11.4 Å². The van der Waals surface area contributed by atoms with Crippen molar-refractivity contribution in [2.24, 2.45) is 0 Å². The fourth-order valence-electron chi connectivity index (χ4n) is 2.23. The number of aromatic nitrogens is 1. The average Bonchev–Trinajstić information content (AvgIpc) is 2.48. The van der Waals surface area contributed by atoms with Gasteiger partial charge in [-0.2, -0.15) is 0 Å². The average molecular weight is 315 g/mol. The van der Waals surface area contributed by atoms with Crippen molar-refractivity contribution in [2.75, 3.05) is 5.73 Å². The van der Waals surface area contributed by atoms with Crippen molar-refractivity contribution >= 4 is 17.3 Å². The molecule has 0 fully saturated rings. The zero-order chi connectivity index (χ0) is 15.7. The number of pyridine rings is 1. The lowest BCUT2D eigenvalue weighted by Crippen LogP contribution is -2.17. The zero-order valence-electron chi connectivity index (χ0n) is 11.5. The van der Waals surface area contributed by atoms with Crippen molar-refractivity contribution in [1.29, 1.82) is 0 Å². The number of anilines is 1. The van der Waals surface area contributed by atoms with Gasteiger partial charge in [0.25, 0.3) is 5.56 Å². The van der Waals surface area contributed by atoms with E-state index in [1.165, 1.54) is 22.8 Å². The van der Waals surface area contributed by atoms with Crippen LogP contribution in [0.1, 0.15) is 0 Å². The van der Waals surface area contributed by atoms with Gasteiger partial charge in [0.15, 0.2) is 0 Å². The van der Waals surface area contributed by atoms with Crippen LogP contribution in [-0.2, 0) is 0 Å². The maximum Gasteiger partial charge on any atom is 0.256 e. The Morgan fingerprint density at radius 2 is 1.77 bits per heavy atom. The minimum absolute atomic E-state index is 0.263. The quantitative estimate of drug-likeness (QED) is 0.730. The molecular formula is C17H12ClFN2O. The molecule has 3 rings (SSSR count). The van der Waals surface area contributed by atoms with Crippen LogP contribution >= 0.6 is 11.6 Å². The van der Waals surface area contributed by atoms with E-state index in [2.05, 4.69) is 0 Å². The molecule has 2 aromatic carbocycles. The molecule has 3 aromatic rings. The molecule has 0 spiro atoms. The summed E-state index contributed by atoms with van der Waals surface area (Å²) >= 11 is 6.16. The van der Waals surface area contributed by atoms with E-state index in [9.17, 15) is 9.18 Å². The first-order chi connectivity index (χ1) is 10.5. The highest BCUT2D eigenvalue weighted by Crippen LogP contribution is 2.27. The van der Waals surface area contributed by atoms with Crippen LogP contribution in [0.5, 0.6) is 0 Å². The molecule has 3 nitrogen and oxygen atoms in total. The summed E-state index contributed by atoms with van der Waals surface area (Å²) in [6.07, 6.45) is 1.63. The molecule has 0 amide bonds. The predicted octanol–water partition coefficient (Wildman–Crippen LogP) is 3.88. The number of hydrogen-bond donors (Lipinski definition) is 1. The van der Waals surface area contributed by atoms with Gasteiger partial charge < -0.3 is 5.73 Å². The minimum atomic E-state index is -0.330. The van der Waals surface area contributed by atoms with Crippen LogP contribution in [0.15, 0.2) is 65.6 Å². The van der Waals surface area contributed by atoms with E-state index >= 15 is 0 Å². The van der Waals surface area contributed by atoms with Gasteiger partial charge in [0.2, 0.25) is 0 Å². The van der Waals surface area contributed by atoms with Crippen LogP contribution in [0, 0.1) is 5.82 Å². The molecule has 5 heteroatoms. The van der Waals surface area contributed by atoms with Crippen molar-refractivity contribution < 1.29 is 4.39 Å². The molecule has 1 heterocycles. The molecule has 2 N–H and O–H groups in total. The van der Waals surface area contributed by atoms with Crippen LogP contribution in [0.4, 0.5) is 10.1 Å². The topological polar surface area (TPSA) is 48.0 Å². The lowest BCUT2D eigenvalue weighted by Gasteiger charge is -2.11. The number of nitrogen functional groups attached to an aromatic ring is 1. The summed E-state index contributed by atoms with van der Waals surface area (Å²) in [4.78, 5) is 12.2. The summed E-state index contributed by atoms with van der Waals surface area (Å²) in [5.74, 6) is -0.330. The first-order valence-electron chi connectivity index (χ1n) is 6.58. The van der Waals surface area contributed by atoms with Gasteiger partial charge >= 0.3 is 0 Å². The van der Waals surface area contributed by atoms with Crippen molar-refractivity contribution in [3.05, 3.63) is 82.0 Å². The lowest BCUT2D eigenvalue weighted by atomic mass is 10.1. The van der Waals surface area contributed by atoms with Crippen LogP contribution in [0.25, 0.3) is 16.8 Å². The highest BCUT2D eigenvalue weighted by atomic mass is 35.5. The van der Waals surface area contributed by atoms with Crippen LogP contribution < -0.4 is 11.3 Å². The second-order valence-electron chi connectivity index (χ2n) is 4.85. The smallest absolute Gasteiger partial charge is 0.256 e. The fourth-order valence-corrected chi connectivity index (χ4v) is 2.48. The van der Waals surface area contributed by atoms with E-state index in [1.54, 1.807) is 42.6 Å². The summed E-state index contributed by atoms with van der Waals surface area (Å²) in [7, 11) is 0. The van der Waals surface area contributed by atoms with Gasteiger partial charge in [0.05, 0.1) is 10.7 Å². The summed E-state index contributed by atoms with van der Waals surface area (Å²) in [5.41, 5.74) is 8.07. The minimum Gasteiger partial charge on any atom is -0.399 e. The number of rotatable bonds is 2. The Morgan fingerprint density at radius 1 is 1.05 bits per heavy atom. The maximum atomic E-state index is 13.1. The van der Waals surface area contributed by atoms with Crippen molar-refractivity contribution in [1.82, 2.24) is 4.57 Å². The molecule has 0 aliphatic carbocycles. The van der Waals surface area contributed by atoms with Crippen molar-refractivity contribution in [3.8, 4) is 16.8 Å². The molecule has 22 heavy (non-hydrogen) atoms. The Kier molecular flexibility index (Phi) is 3.69. The highest BCUT2D eigenvalue weighted by Gasteiger charge is 2.09. The predicted molar refractivity (Wildman–Crippen MR) is 86.9 cm³/mol. The van der Waals surface area contributed by atoms with E-state index in [1.807, 2.05) is 0 Å². The molecule has 0 saturated heterocycles. The molecule has 1 aromatic heterocycles. The molecular weight excluding hydrogens is 303 g/mol. The Labute approximate surface area is 131 Å². The molecule has 0 unspecified atom stereocenters. The molecule has 0 aliphatic rings. The third kappa shape index (κ3) is 2.73. The van der Waals surface area contributed by atoms with Gasteiger partial charge in [-0.3, -0.25) is 9.36 Å². The fraction of sp³-hybridized carbons (Fsp3) is 0. The van der Waals surface area contributed by atoms with Crippen molar-refractivity contribution in [2.45, 2.75) is 0 Å². The SMILES string of the molecule is Nc1cccc(-n2cc(-c3ccc(F)cc3)c(Cl)cc2=O)c1.